The summed E-state index contributed by atoms with van der Waals surface area (Å²) in [5.74, 6) is 0.730. The number of rotatable bonds is 4. The molecule has 0 radical (unpaired) electrons. The molecule has 0 bridgehead atoms. The Bertz CT molecular complexity index is 278. The van der Waals surface area contributed by atoms with E-state index in [0.29, 0.717) is 18.2 Å². The van der Waals surface area contributed by atoms with Gasteiger partial charge in [-0.2, -0.15) is 0 Å². The Labute approximate surface area is 82.3 Å². The number of nitrogens with zero attached hydrogens (tertiary/aromatic N) is 1. The van der Waals surface area contributed by atoms with Crippen LogP contribution in [-0.2, 0) is 0 Å². The Morgan fingerprint density at radius 2 is 2.38 bits per heavy atom. The maximum absolute atomic E-state index is 8.55. The summed E-state index contributed by atoms with van der Waals surface area (Å²) >= 11 is 5.79. The summed E-state index contributed by atoms with van der Waals surface area (Å²) in [6, 6.07) is 1.76. The molecule has 1 aromatic heterocycles. The van der Waals surface area contributed by atoms with Gasteiger partial charge in [-0.3, -0.25) is 0 Å². The number of pyridine rings is 1. The van der Waals surface area contributed by atoms with E-state index in [9.17, 15) is 0 Å². The van der Waals surface area contributed by atoms with Gasteiger partial charge in [0.25, 0.3) is 0 Å². The topological polar surface area (TPSA) is 42.4 Å². The van der Waals surface area contributed by atoms with Crippen molar-refractivity contribution in [1.29, 1.82) is 0 Å². The molecule has 0 aliphatic heterocycles. The zero-order valence-electron chi connectivity index (χ0n) is 7.46. The average molecular weight is 202 g/mol. The lowest BCUT2D eigenvalue weighted by Crippen LogP contribution is -2.01. The summed E-state index contributed by atoms with van der Waals surface area (Å²) in [6.45, 7) is 2.49. The molecule has 0 fully saturated rings. The molecule has 1 aromatic rings. The van der Waals surface area contributed by atoms with Gasteiger partial charge in [0.15, 0.2) is 0 Å². The van der Waals surface area contributed by atoms with Crippen LogP contribution in [0, 0.1) is 6.92 Å². The number of ether oxygens (including phenoxy) is 1. The molecule has 0 atom stereocenters. The predicted molar refractivity (Wildman–Crippen MR) is 51.2 cm³/mol. The number of aromatic nitrogens is 1. The first kappa shape index (κ1) is 10.3. The second kappa shape index (κ2) is 5.04. The highest BCUT2D eigenvalue weighted by Crippen LogP contribution is 2.22. The van der Waals surface area contributed by atoms with Gasteiger partial charge < -0.3 is 9.84 Å². The molecule has 13 heavy (non-hydrogen) atoms. The van der Waals surface area contributed by atoms with Gasteiger partial charge in [-0.15, -0.1) is 0 Å². The summed E-state index contributed by atoms with van der Waals surface area (Å²) in [6.07, 6.45) is 2.23. The summed E-state index contributed by atoms with van der Waals surface area (Å²) in [5.41, 5.74) is 0.835. The van der Waals surface area contributed by atoms with Gasteiger partial charge >= 0.3 is 0 Å². The molecular weight excluding hydrogens is 190 g/mol. The fourth-order valence-corrected chi connectivity index (χ4v) is 1.05. The van der Waals surface area contributed by atoms with Gasteiger partial charge in [0, 0.05) is 24.8 Å². The molecule has 4 heteroatoms. The Morgan fingerprint density at radius 1 is 1.62 bits per heavy atom. The van der Waals surface area contributed by atoms with Crippen molar-refractivity contribution in [2.45, 2.75) is 13.3 Å². The highest BCUT2D eigenvalue weighted by Gasteiger charge is 2.03. The normalized spacial score (nSPS) is 10.1. The lowest BCUT2D eigenvalue weighted by atomic mass is 10.3. The molecule has 0 amide bonds. The average Bonchev–Trinajstić information content (AvgIpc) is 2.13. The minimum Gasteiger partial charge on any atom is -0.493 e. The third kappa shape index (κ3) is 2.86. The minimum absolute atomic E-state index is 0.137. The minimum atomic E-state index is 0.137. The molecular formula is C9H12ClNO2. The van der Waals surface area contributed by atoms with Crippen LogP contribution in [0.5, 0.6) is 5.75 Å². The molecule has 0 aliphatic rings. The standard InChI is InChI=1S/C9H12ClNO2/c1-7-8(13-6-2-5-12)3-4-11-9(7)10/h3-4,12H,2,5-6H2,1H3. The smallest absolute Gasteiger partial charge is 0.135 e. The third-order valence-corrected chi connectivity index (χ3v) is 2.03. The van der Waals surface area contributed by atoms with E-state index in [1.165, 1.54) is 0 Å². The Morgan fingerprint density at radius 3 is 3.08 bits per heavy atom. The first-order valence-electron chi connectivity index (χ1n) is 4.10. The Hall–Kier alpha value is -0.800. The van der Waals surface area contributed by atoms with Crippen LogP contribution in [0.15, 0.2) is 12.3 Å². The SMILES string of the molecule is Cc1c(OCCCO)ccnc1Cl. The molecule has 0 spiro atoms. The van der Waals surface area contributed by atoms with E-state index in [1.54, 1.807) is 12.3 Å². The highest BCUT2D eigenvalue weighted by atomic mass is 35.5. The van der Waals surface area contributed by atoms with Gasteiger partial charge in [-0.25, -0.2) is 4.98 Å². The largest absolute Gasteiger partial charge is 0.493 e. The molecule has 3 nitrogen and oxygen atoms in total. The second-order valence-electron chi connectivity index (χ2n) is 2.65. The summed E-state index contributed by atoms with van der Waals surface area (Å²) in [5, 5.41) is 9.01. The maximum atomic E-state index is 8.55. The van der Waals surface area contributed by atoms with E-state index < -0.39 is 0 Å². The number of hydrogen-bond donors (Lipinski definition) is 1. The number of aliphatic hydroxyl groups is 1. The van der Waals surface area contributed by atoms with E-state index in [-0.39, 0.29) is 6.61 Å². The lowest BCUT2D eigenvalue weighted by molar-refractivity contribution is 0.233. The van der Waals surface area contributed by atoms with Crippen molar-refractivity contribution >= 4 is 11.6 Å². The number of aliphatic hydroxyl groups excluding tert-OH is 1. The van der Waals surface area contributed by atoms with E-state index in [2.05, 4.69) is 4.98 Å². The lowest BCUT2D eigenvalue weighted by Gasteiger charge is -2.08. The third-order valence-electron chi connectivity index (χ3n) is 1.65. The fourth-order valence-electron chi connectivity index (χ4n) is 0.897. The molecule has 0 saturated carbocycles. The van der Waals surface area contributed by atoms with Crippen LogP contribution in [0.3, 0.4) is 0 Å². The van der Waals surface area contributed by atoms with Crippen molar-refractivity contribution in [3.05, 3.63) is 23.0 Å². The van der Waals surface area contributed by atoms with E-state index in [4.69, 9.17) is 21.4 Å². The predicted octanol–water partition coefficient (Wildman–Crippen LogP) is 1.80. The van der Waals surface area contributed by atoms with E-state index in [1.807, 2.05) is 6.92 Å². The van der Waals surface area contributed by atoms with Crippen LogP contribution in [0.4, 0.5) is 0 Å². The van der Waals surface area contributed by atoms with Gasteiger partial charge in [-0.05, 0) is 13.0 Å². The zero-order chi connectivity index (χ0) is 9.68. The Kier molecular flexibility index (Phi) is 3.99. The van der Waals surface area contributed by atoms with Crippen LogP contribution in [-0.4, -0.2) is 23.3 Å². The van der Waals surface area contributed by atoms with Crippen LogP contribution >= 0.6 is 11.6 Å². The molecule has 1 N–H and O–H groups in total. The van der Waals surface area contributed by atoms with Gasteiger partial charge in [0.05, 0.1) is 6.61 Å². The quantitative estimate of drug-likeness (QED) is 0.597. The molecule has 0 unspecified atom stereocenters. The van der Waals surface area contributed by atoms with E-state index >= 15 is 0 Å². The van der Waals surface area contributed by atoms with Gasteiger partial charge in [0.1, 0.15) is 10.9 Å². The molecule has 0 saturated heterocycles. The summed E-state index contributed by atoms with van der Waals surface area (Å²) in [7, 11) is 0. The summed E-state index contributed by atoms with van der Waals surface area (Å²) in [4.78, 5) is 3.90. The fraction of sp³-hybridized carbons (Fsp3) is 0.444. The molecule has 1 rings (SSSR count). The van der Waals surface area contributed by atoms with Gasteiger partial charge in [0.2, 0.25) is 0 Å². The van der Waals surface area contributed by atoms with E-state index in [0.717, 1.165) is 11.3 Å². The highest BCUT2D eigenvalue weighted by molar-refractivity contribution is 6.30. The Balaban J connectivity index is 2.61. The maximum Gasteiger partial charge on any atom is 0.135 e. The first-order valence-corrected chi connectivity index (χ1v) is 4.48. The molecule has 1 heterocycles. The van der Waals surface area contributed by atoms with Crippen LogP contribution in [0.25, 0.3) is 0 Å². The monoisotopic (exact) mass is 201 g/mol. The second-order valence-corrected chi connectivity index (χ2v) is 3.01. The molecule has 72 valence electrons. The van der Waals surface area contributed by atoms with Crippen molar-refractivity contribution in [2.24, 2.45) is 0 Å². The molecule has 0 aliphatic carbocycles. The van der Waals surface area contributed by atoms with Crippen LogP contribution < -0.4 is 4.74 Å². The van der Waals surface area contributed by atoms with Crippen LogP contribution in [0.1, 0.15) is 12.0 Å². The zero-order valence-corrected chi connectivity index (χ0v) is 8.21. The van der Waals surface area contributed by atoms with Crippen molar-refractivity contribution in [3.63, 3.8) is 0 Å². The van der Waals surface area contributed by atoms with Crippen molar-refractivity contribution in [2.75, 3.05) is 13.2 Å². The van der Waals surface area contributed by atoms with Crippen molar-refractivity contribution in [1.82, 2.24) is 4.98 Å². The van der Waals surface area contributed by atoms with Crippen molar-refractivity contribution < 1.29 is 9.84 Å². The number of hydrogen-bond acceptors (Lipinski definition) is 3. The summed E-state index contributed by atoms with van der Waals surface area (Å²) < 4.78 is 5.37. The first-order chi connectivity index (χ1) is 6.25. The molecule has 0 aromatic carbocycles. The van der Waals surface area contributed by atoms with Gasteiger partial charge in [-0.1, -0.05) is 11.6 Å². The van der Waals surface area contributed by atoms with Crippen molar-refractivity contribution in [3.8, 4) is 5.75 Å². The number of halogens is 1. The van der Waals surface area contributed by atoms with Crippen LogP contribution in [0.2, 0.25) is 5.15 Å².